The van der Waals surface area contributed by atoms with Crippen LogP contribution in [0.4, 0.5) is 0 Å². The van der Waals surface area contributed by atoms with Crippen LogP contribution in [0.1, 0.15) is 38.1 Å². The summed E-state index contributed by atoms with van der Waals surface area (Å²) >= 11 is 0. The minimum absolute atomic E-state index is 0.310. The van der Waals surface area contributed by atoms with Crippen LogP contribution in [0, 0.1) is 0 Å². The molecule has 88 valence electrons. The van der Waals surface area contributed by atoms with E-state index >= 15 is 0 Å². The number of rotatable bonds is 1. The molecule has 0 spiro atoms. The third-order valence-corrected chi connectivity index (χ3v) is 1.80. The van der Waals surface area contributed by atoms with Crippen LogP contribution in [0.5, 0.6) is 0 Å². The van der Waals surface area contributed by atoms with Crippen molar-refractivity contribution in [3.8, 4) is 0 Å². The first-order chi connectivity index (χ1) is 7.77. The van der Waals surface area contributed by atoms with Gasteiger partial charge in [-0.25, -0.2) is 4.79 Å². The highest BCUT2D eigenvalue weighted by molar-refractivity contribution is 5.93. The molecule has 2 N–H and O–H groups in total. The monoisotopic (exact) mass is 221 g/mol. The SMILES string of the molecule is CC.CC.O=C(O)c1ccc2cc[nH]c2c1. The largest absolute Gasteiger partial charge is 0.478 e. The van der Waals surface area contributed by atoms with E-state index in [1.807, 2.05) is 33.8 Å². The molecular formula is C13H19NO2. The van der Waals surface area contributed by atoms with Gasteiger partial charge in [-0.15, -0.1) is 0 Å². The second-order valence-corrected chi connectivity index (χ2v) is 2.58. The Bertz CT molecular complexity index is 432. The van der Waals surface area contributed by atoms with E-state index in [1.54, 1.807) is 24.4 Å². The maximum Gasteiger partial charge on any atom is 0.335 e. The highest BCUT2D eigenvalue weighted by Gasteiger charge is 2.02. The minimum atomic E-state index is -0.897. The molecule has 0 atom stereocenters. The predicted molar refractivity (Wildman–Crippen MR) is 68.0 cm³/mol. The van der Waals surface area contributed by atoms with Crippen LogP contribution >= 0.6 is 0 Å². The smallest absolute Gasteiger partial charge is 0.335 e. The van der Waals surface area contributed by atoms with Crippen LogP contribution in [0.2, 0.25) is 0 Å². The molecule has 16 heavy (non-hydrogen) atoms. The van der Waals surface area contributed by atoms with Crippen LogP contribution in [-0.4, -0.2) is 16.1 Å². The highest BCUT2D eigenvalue weighted by Crippen LogP contribution is 2.13. The second-order valence-electron chi connectivity index (χ2n) is 2.58. The molecule has 3 nitrogen and oxygen atoms in total. The van der Waals surface area contributed by atoms with Gasteiger partial charge in [0.05, 0.1) is 5.56 Å². The van der Waals surface area contributed by atoms with Gasteiger partial charge in [0.2, 0.25) is 0 Å². The first kappa shape index (κ1) is 14.2. The third-order valence-electron chi connectivity index (χ3n) is 1.80. The molecular weight excluding hydrogens is 202 g/mol. The van der Waals surface area contributed by atoms with E-state index in [9.17, 15) is 4.79 Å². The number of fused-ring (bicyclic) bond motifs is 1. The van der Waals surface area contributed by atoms with E-state index in [0.717, 1.165) is 10.9 Å². The number of benzene rings is 1. The summed E-state index contributed by atoms with van der Waals surface area (Å²) in [7, 11) is 0. The van der Waals surface area contributed by atoms with Crippen molar-refractivity contribution in [3.63, 3.8) is 0 Å². The Morgan fingerprint density at radius 1 is 1.12 bits per heavy atom. The fourth-order valence-corrected chi connectivity index (χ4v) is 1.18. The van der Waals surface area contributed by atoms with Crippen molar-refractivity contribution in [2.45, 2.75) is 27.7 Å². The number of carbonyl (C=O) groups is 1. The normalized spacial score (nSPS) is 8.50. The Morgan fingerprint density at radius 2 is 1.75 bits per heavy atom. The molecule has 0 aliphatic carbocycles. The number of H-pyrrole nitrogens is 1. The molecule has 0 aliphatic rings. The molecule has 0 saturated carbocycles. The average molecular weight is 221 g/mol. The van der Waals surface area contributed by atoms with Gasteiger partial charge in [-0.1, -0.05) is 33.8 Å². The molecule has 2 rings (SSSR count). The maximum atomic E-state index is 10.6. The molecule has 1 heterocycles. The van der Waals surface area contributed by atoms with Crippen molar-refractivity contribution < 1.29 is 9.90 Å². The van der Waals surface area contributed by atoms with E-state index in [1.165, 1.54) is 0 Å². The first-order valence-electron chi connectivity index (χ1n) is 5.58. The van der Waals surface area contributed by atoms with Crippen LogP contribution in [0.25, 0.3) is 10.9 Å². The van der Waals surface area contributed by atoms with Crippen LogP contribution in [0.15, 0.2) is 30.5 Å². The quantitative estimate of drug-likeness (QED) is 0.766. The number of hydrogen-bond acceptors (Lipinski definition) is 1. The summed E-state index contributed by atoms with van der Waals surface area (Å²) in [5.74, 6) is -0.897. The van der Waals surface area contributed by atoms with E-state index in [2.05, 4.69) is 4.98 Å². The molecule has 0 unspecified atom stereocenters. The zero-order valence-electron chi connectivity index (χ0n) is 10.2. The van der Waals surface area contributed by atoms with Gasteiger partial charge in [0, 0.05) is 11.7 Å². The molecule has 2 aromatic rings. The standard InChI is InChI=1S/C9H7NO2.2C2H6/c11-9(12)7-2-1-6-3-4-10-8(6)5-7;2*1-2/h1-5,10H,(H,11,12);2*1-2H3. The van der Waals surface area contributed by atoms with Gasteiger partial charge in [0.25, 0.3) is 0 Å². The van der Waals surface area contributed by atoms with Crippen molar-refractivity contribution >= 4 is 16.9 Å². The molecule has 0 bridgehead atoms. The van der Waals surface area contributed by atoms with Gasteiger partial charge in [-0.05, 0) is 23.6 Å². The molecule has 0 aliphatic heterocycles. The zero-order chi connectivity index (χ0) is 12.6. The summed E-state index contributed by atoms with van der Waals surface area (Å²) in [6.07, 6.45) is 1.79. The highest BCUT2D eigenvalue weighted by atomic mass is 16.4. The number of carboxylic acid groups (broad SMARTS) is 1. The fourth-order valence-electron chi connectivity index (χ4n) is 1.18. The molecule has 3 heteroatoms. The average Bonchev–Trinajstić information content (AvgIpc) is 2.81. The van der Waals surface area contributed by atoms with Crippen molar-refractivity contribution in [2.24, 2.45) is 0 Å². The number of hydrogen-bond donors (Lipinski definition) is 2. The summed E-state index contributed by atoms with van der Waals surface area (Å²) in [4.78, 5) is 13.5. The van der Waals surface area contributed by atoms with Crippen LogP contribution < -0.4 is 0 Å². The minimum Gasteiger partial charge on any atom is -0.478 e. The lowest BCUT2D eigenvalue weighted by Gasteiger charge is -1.93. The Morgan fingerprint density at radius 3 is 2.31 bits per heavy atom. The van der Waals surface area contributed by atoms with Crippen LogP contribution in [-0.2, 0) is 0 Å². The number of aromatic carboxylic acids is 1. The third kappa shape index (κ3) is 3.42. The lowest BCUT2D eigenvalue weighted by molar-refractivity contribution is 0.0697. The van der Waals surface area contributed by atoms with Gasteiger partial charge in [0.1, 0.15) is 0 Å². The Kier molecular flexibility index (Phi) is 6.68. The van der Waals surface area contributed by atoms with Gasteiger partial charge < -0.3 is 10.1 Å². The van der Waals surface area contributed by atoms with Gasteiger partial charge >= 0.3 is 5.97 Å². The topological polar surface area (TPSA) is 53.1 Å². The summed E-state index contributed by atoms with van der Waals surface area (Å²) < 4.78 is 0. The summed E-state index contributed by atoms with van der Waals surface area (Å²) in [5.41, 5.74) is 1.17. The number of aromatic nitrogens is 1. The predicted octanol–water partition coefficient (Wildman–Crippen LogP) is 3.92. The van der Waals surface area contributed by atoms with Gasteiger partial charge in [0.15, 0.2) is 0 Å². The number of carboxylic acids is 1. The molecule has 0 radical (unpaired) electrons. The lowest BCUT2D eigenvalue weighted by atomic mass is 10.2. The van der Waals surface area contributed by atoms with Gasteiger partial charge in [-0.2, -0.15) is 0 Å². The van der Waals surface area contributed by atoms with Crippen molar-refractivity contribution in [3.05, 3.63) is 36.0 Å². The van der Waals surface area contributed by atoms with E-state index < -0.39 is 5.97 Å². The number of aromatic amines is 1. The lowest BCUT2D eigenvalue weighted by Crippen LogP contribution is -1.94. The van der Waals surface area contributed by atoms with Crippen molar-refractivity contribution in [1.82, 2.24) is 4.98 Å². The van der Waals surface area contributed by atoms with E-state index in [0.29, 0.717) is 5.56 Å². The molecule has 0 saturated heterocycles. The van der Waals surface area contributed by atoms with E-state index in [4.69, 9.17) is 5.11 Å². The van der Waals surface area contributed by atoms with Crippen molar-refractivity contribution in [1.29, 1.82) is 0 Å². The Balaban J connectivity index is 0.000000509. The second kappa shape index (κ2) is 7.51. The van der Waals surface area contributed by atoms with Gasteiger partial charge in [-0.3, -0.25) is 0 Å². The van der Waals surface area contributed by atoms with Crippen molar-refractivity contribution in [2.75, 3.05) is 0 Å². The Hall–Kier alpha value is -1.77. The van der Waals surface area contributed by atoms with E-state index in [-0.39, 0.29) is 0 Å². The molecule has 1 aromatic heterocycles. The number of nitrogens with one attached hydrogen (secondary N) is 1. The maximum absolute atomic E-state index is 10.6. The first-order valence-corrected chi connectivity index (χ1v) is 5.58. The summed E-state index contributed by atoms with van der Waals surface area (Å²) in [6.45, 7) is 8.00. The van der Waals surface area contributed by atoms with Crippen LogP contribution in [0.3, 0.4) is 0 Å². The zero-order valence-corrected chi connectivity index (χ0v) is 10.2. The summed E-state index contributed by atoms with van der Waals surface area (Å²) in [6, 6.07) is 6.91. The molecule has 1 aromatic carbocycles. The molecule has 0 fully saturated rings. The molecule has 0 amide bonds. The fraction of sp³-hybridized carbons (Fsp3) is 0.308. The summed E-state index contributed by atoms with van der Waals surface area (Å²) in [5, 5.41) is 9.70. The Labute approximate surface area is 96.1 Å².